The van der Waals surface area contributed by atoms with Crippen molar-refractivity contribution in [3.8, 4) is 0 Å². The highest BCUT2D eigenvalue weighted by molar-refractivity contribution is 7.47. The van der Waals surface area contributed by atoms with Gasteiger partial charge in [0.2, 0.25) is 0 Å². The standard InChI is InChI=1S/C4H11O4P.C2H3F5N3P3/c1-3-7-9(5,6)8-4-2;3-1(4,5)2(6,7)10-12-8-11-9-13-10/h3-4H2,1-2H3,(H,5,6);8,11-12H. The second-order valence-corrected chi connectivity index (χ2v) is 8.30. The van der Waals surface area contributed by atoms with Crippen LogP contribution in [-0.2, 0) is 19.7 Å². The van der Waals surface area contributed by atoms with Gasteiger partial charge in [0.25, 0.3) is 0 Å². The van der Waals surface area contributed by atoms with E-state index < -0.39 is 28.6 Å². The van der Waals surface area contributed by atoms with Crippen molar-refractivity contribution in [2.75, 3.05) is 13.2 Å². The summed E-state index contributed by atoms with van der Waals surface area (Å²) in [5.74, 6) is 0. The van der Waals surface area contributed by atoms with Gasteiger partial charge in [-0.3, -0.25) is 9.05 Å². The molecule has 1 heterocycles. The molecule has 7 nitrogen and oxygen atoms in total. The van der Waals surface area contributed by atoms with Gasteiger partial charge in [-0.15, -0.1) is 0 Å². The van der Waals surface area contributed by atoms with Gasteiger partial charge in [0.05, 0.1) is 13.2 Å². The van der Waals surface area contributed by atoms with E-state index in [-0.39, 0.29) is 34.3 Å². The first kappa shape index (κ1) is 22.1. The van der Waals surface area contributed by atoms with Crippen LogP contribution in [0.1, 0.15) is 13.8 Å². The van der Waals surface area contributed by atoms with Gasteiger partial charge in [0.1, 0.15) is 8.51 Å². The molecule has 0 bridgehead atoms. The zero-order valence-electron chi connectivity index (χ0n) is 11.3. The van der Waals surface area contributed by atoms with Crippen LogP contribution >= 0.6 is 33.4 Å². The molecule has 132 valence electrons. The van der Waals surface area contributed by atoms with Crippen LogP contribution in [0.2, 0.25) is 0 Å². The summed E-state index contributed by atoms with van der Waals surface area (Å²) < 4.78 is 85.2. The average Bonchev–Trinajstić information content (AvgIpc) is 2.39. The lowest BCUT2D eigenvalue weighted by Crippen LogP contribution is -2.37. The molecular weight excluding hydrogens is 397 g/mol. The molecule has 2 atom stereocenters. The summed E-state index contributed by atoms with van der Waals surface area (Å²) in [5, 5.41) is 0. The lowest BCUT2D eigenvalue weighted by molar-refractivity contribution is -0.316. The molecule has 0 spiro atoms. The zero-order valence-corrected chi connectivity index (χ0v) is 15.1. The molecule has 1 aromatic rings. The Morgan fingerprint density at radius 1 is 1.27 bits per heavy atom. The molecule has 1 aromatic heterocycles. The quantitative estimate of drug-likeness (QED) is 0.559. The van der Waals surface area contributed by atoms with Crippen LogP contribution in [0.25, 0.3) is 0 Å². The van der Waals surface area contributed by atoms with Gasteiger partial charge in [-0.25, -0.2) is 8.66 Å². The number of alkyl halides is 5. The van der Waals surface area contributed by atoms with Crippen molar-refractivity contribution >= 4 is 33.4 Å². The van der Waals surface area contributed by atoms with E-state index in [1.807, 2.05) is 0 Å². The minimum atomic E-state index is -5.55. The Morgan fingerprint density at radius 3 is 2.09 bits per heavy atom. The Labute approximate surface area is 127 Å². The fourth-order valence-corrected chi connectivity index (χ4v) is 4.86. The van der Waals surface area contributed by atoms with Crippen molar-refractivity contribution < 1.29 is 40.5 Å². The van der Waals surface area contributed by atoms with Crippen molar-refractivity contribution in [3.05, 3.63) is 0 Å². The molecular formula is C6H14F5N3O4P4. The third kappa shape index (κ3) is 7.55. The molecule has 0 amide bonds. The van der Waals surface area contributed by atoms with Gasteiger partial charge in [0, 0.05) is 17.0 Å². The SMILES string of the molecule is CCOP(=O)(O)OCC.FC(F)(F)C(F)(F)n1pn[pH][nH][pH]1. The Hall–Kier alpha value is 0.0600. The number of phosphoric ester groups is 1. The topological polar surface area (TPSA) is 89.4 Å². The predicted molar refractivity (Wildman–Crippen MR) is 75.0 cm³/mol. The monoisotopic (exact) mass is 411 g/mol. The fourth-order valence-electron chi connectivity index (χ4n) is 0.802. The maximum atomic E-state index is 12.5. The van der Waals surface area contributed by atoms with E-state index in [2.05, 4.69) is 18.1 Å². The van der Waals surface area contributed by atoms with Crippen LogP contribution < -0.4 is 0 Å². The van der Waals surface area contributed by atoms with Gasteiger partial charge in [-0.1, -0.05) is 0 Å². The van der Waals surface area contributed by atoms with Crippen molar-refractivity contribution in [1.29, 1.82) is 0 Å². The summed E-state index contributed by atoms with van der Waals surface area (Å²) in [5.41, 5.74) is 0. The maximum absolute atomic E-state index is 12.5. The molecule has 2 N–H and O–H groups in total. The summed E-state index contributed by atoms with van der Waals surface area (Å²) in [6, 6.07) is -4.81. The van der Waals surface area contributed by atoms with Crippen LogP contribution in [0.4, 0.5) is 22.0 Å². The number of nitrogens with one attached hydrogen (secondary N) is 1. The Morgan fingerprint density at radius 2 is 1.77 bits per heavy atom. The number of phosphoric acid groups is 1. The molecule has 16 heteroatoms. The Kier molecular flexibility index (Phi) is 9.40. The third-order valence-corrected chi connectivity index (χ3v) is 5.91. The third-order valence-electron chi connectivity index (χ3n) is 1.59. The van der Waals surface area contributed by atoms with Crippen molar-refractivity contribution in [2.45, 2.75) is 26.1 Å². The number of hydrogen-bond acceptors (Lipinski definition) is 4. The van der Waals surface area contributed by atoms with Gasteiger partial charge in [0.15, 0.2) is 0 Å². The normalized spacial score (nSPS) is 13.6. The Balaban J connectivity index is 0.000000433. The first-order valence-electron chi connectivity index (χ1n) is 5.51. The van der Waals surface area contributed by atoms with Gasteiger partial charge in [-0.2, -0.15) is 26.5 Å². The molecule has 0 radical (unpaired) electrons. The van der Waals surface area contributed by atoms with Crippen LogP contribution in [0, 0.1) is 0 Å². The molecule has 0 aromatic carbocycles. The minimum Gasteiger partial charge on any atom is -0.312 e. The summed E-state index contributed by atoms with van der Waals surface area (Å²) in [4.78, 5) is 8.63. The first-order chi connectivity index (χ1) is 9.98. The molecule has 0 aliphatic heterocycles. The Bertz CT molecular complexity index is 483. The lowest BCUT2D eigenvalue weighted by Gasteiger charge is -2.20. The molecule has 0 saturated heterocycles. The fraction of sp³-hybridized carbons (Fsp3) is 1.00. The van der Waals surface area contributed by atoms with Crippen molar-refractivity contribution in [3.63, 3.8) is 0 Å². The summed E-state index contributed by atoms with van der Waals surface area (Å²) in [7, 11) is -4.91. The van der Waals surface area contributed by atoms with E-state index in [1.165, 1.54) is 0 Å². The van der Waals surface area contributed by atoms with E-state index in [9.17, 15) is 26.5 Å². The highest BCUT2D eigenvalue weighted by Gasteiger charge is 2.59. The highest BCUT2D eigenvalue weighted by Crippen LogP contribution is 2.43. The second-order valence-electron chi connectivity index (χ2n) is 3.19. The highest BCUT2D eigenvalue weighted by atomic mass is 31.2. The van der Waals surface area contributed by atoms with E-state index in [0.29, 0.717) is 0 Å². The van der Waals surface area contributed by atoms with Crippen molar-refractivity contribution in [2.24, 2.45) is 0 Å². The summed E-state index contributed by atoms with van der Waals surface area (Å²) >= 11 is 0. The van der Waals surface area contributed by atoms with Gasteiger partial charge in [-0.05, 0) is 13.8 Å². The van der Waals surface area contributed by atoms with E-state index in [0.717, 1.165) is 0 Å². The van der Waals surface area contributed by atoms with E-state index in [4.69, 9.17) is 4.89 Å². The average molecular weight is 411 g/mol. The van der Waals surface area contributed by atoms with Gasteiger partial charge < -0.3 is 9.40 Å². The maximum Gasteiger partial charge on any atom is 0.476 e. The molecule has 0 aliphatic carbocycles. The molecule has 2 unspecified atom stereocenters. The molecule has 1 rings (SSSR count). The molecule has 0 aliphatic rings. The summed E-state index contributed by atoms with van der Waals surface area (Å²) in [6.45, 7) is 3.63. The van der Waals surface area contributed by atoms with Gasteiger partial charge >= 0.3 is 20.0 Å². The minimum absolute atomic E-state index is 0.0660. The zero-order chi connectivity index (χ0) is 17.4. The van der Waals surface area contributed by atoms with Crippen LogP contribution in [0.15, 0.2) is 0 Å². The first-order valence-corrected chi connectivity index (χ1v) is 9.69. The number of rotatable bonds is 5. The number of aromatic amines is 1. The number of hydrogen-bond donors (Lipinski definition) is 2. The predicted octanol–water partition coefficient (Wildman–Crippen LogP) is 4.25. The molecule has 0 saturated carbocycles. The number of halogens is 5. The van der Waals surface area contributed by atoms with Crippen LogP contribution in [0.3, 0.4) is 0 Å². The second kappa shape index (κ2) is 9.38. The van der Waals surface area contributed by atoms with Crippen molar-refractivity contribution in [1.82, 2.24) is 13.1 Å². The van der Waals surface area contributed by atoms with E-state index in [1.54, 1.807) is 13.8 Å². The number of H-pyrrole nitrogens is 1. The summed E-state index contributed by atoms with van der Waals surface area (Å²) in [6.07, 6.45) is -5.55. The lowest BCUT2D eigenvalue weighted by atomic mass is 10.6. The molecule has 0 fully saturated rings. The number of nitrogens with zero attached hydrogens (tertiary/aromatic N) is 2. The van der Waals surface area contributed by atoms with Crippen LogP contribution in [0.5, 0.6) is 0 Å². The largest absolute Gasteiger partial charge is 0.476 e. The number of aromatic nitrogens is 3. The smallest absolute Gasteiger partial charge is 0.312 e. The molecule has 22 heavy (non-hydrogen) atoms. The van der Waals surface area contributed by atoms with Crippen LogP contribution in [-0.4, -0.2) is 37.4 Å². The van der Waals surface area contributed by atoms with E-state index >= 15 is 0 Å².